The lowest BCUT2D eigenvalue weighted by Crippen LogP contribution is -2.34. The standard InChI is InChI=1S/C19H28N2O2/c1-14(2)13-20-18(22)15-9-11-16(12-10-15)19(23)21-17-7-5-3-4-6-8-17/h9-12,14,17H,3-8,13H2,1-2H3,(H,20,22)(H,21,23). The molecule has 4 nitrogen and oxygen atoms in total. The highest BCUT2D eigenvalue weighted by Gasteiger charge is 2.16. The van der Waals surface area contributed by atoms with Gasteiger partial charge < -0.3 is 10.6 Å². The lowest BCUT2D eigenvalue weighted by atomic mass is 10.1. The van der Waals surface area contributed by atoms with Gasteiger partial charge in [0.1, 0.15) is 0 Å². The van der Waals surface area contributed by atoms with Crippen molar-refractivity contribution in [1.82, 2.24) is 10.6 Å². The summed E-state index contributed by atoms with van der Waals surface area (Å²) < 4.78 is 0. The van der Waals surface area contributed by atoms with Gasteiger partial charge in [0.15, 0.2) is 0 Å². The predicted molar refractivity (Wildman–Crippen MR) is 92.6 cm³/mol. The van der Waals surface area contributed by atoms with Crippen LogP contribution in [0.15, 0.2) is 24.3 Å². The smallest absolute Gasteiger partial charge is 0.251 e. The van der Waals surface area contributed by atoms with Crippen molar-refractivity contribution >= 4 is 11.8 Å². The number of rotatable bonds is 5. The molecule has 1 saturated carbocycles. The number of hydrogen-bond donors (Lipinski definition) is 2. The van der Waals surface area contributed by atoms with Crippen LogP contribution in [0.2, 0.25) is 0 Å². The second-order valence-corrected chi connectivity index (χ2v) is 6.84. The van der Waals surface area contributed by atoms with E-state index in [1.807, 2.05) is 0 Å². The van der Waals surface area contributed by atoms with E-state index in [9.17, 15) is 9.59 Å². The summed E-state index contributed by atoms with van der Waals surface area (Å²) in [6.07, 6.45) is 7.07. The third-order valence-electron chi connectivity index (χ3n) is 4.27. The van der Waals surface area contributed by atoms with E-state index in [-0.39, 0.29) is 11.8 Å². The van der Waals surface area contributed by atoms with Crippen molar-refractivity contribution in [3.63, 3.8) is 0 Å². The lowest BCUT2D eigenvalue weighted by Gasteiger charge is -2.16. The SMILES string of the molecule is CC(C)CNC(=O)c1ccc(C(=O)NC2CCCCCC2)cc1. The lowest BCUT2D eigenvalue weighted by molar-refractivity contribution is 0.0927. The largest absolute Gasteiger partial charge is 0.352 e. The quantitative estimate of drug-likeness (QED) is 0.817. The van der Waals surface area contributed by atoms with Gasteiger partial charge in [-0.05, 0) is 43.0 Å². The molecule has 4 heteroatoms. The zero-order valence-electron chi connectivity index (χ0n) is 14.2. The molecule has 126 valence electrons. The van der Waals surface area contributed by atoms with Crippen LogP contribution in [-0.4, -0.2) is 24.4 Å². The first-order chi connectivity index (χ1) is 11.1. The first kappa shape index (κ1) is 17.5. The summed E-state index contributed by atoms with van der Waals surface area (Å²) in [5.74, 6) is 0.295. The Morgan fingerprint density at radius 1 is 0.957 bits per heavy atom. The van der Waals surface area contributed by atoms with Gasteiger partial charge in [0.2, 0.25) is 0 Å². The van der Waals surface area contributed by atoms with Crippen LogP contribution in [0.3, 0.4) is 0 Å². The highest BCUT2D eigenvalue weighted by atomic mass is 16.2. The summed E-state index contributed by atoms with van der Waals surface area (Å²) in [6.45, 7) is 4.77. The number of hydrogen-bond acceptors (Lipinski definition) is 2. The maximum absolute atomic E-state index is 12.3. The van der Waals surface area contributed by atoms with E-state index < -0.39 is 0 Å². The molecule has 1 aliphatic carbocycles. The third kappa shape index (κ3) is 5.70. The second-order valence-electron chi connectivity index (χ2n) is 6.84. The van der Waals surface area contributed by atoms with E-state index in [2.05, 4.69) is 24.5 Å². The van der Waals surface area contributed by atoms with Crippen LogP contribution in [0, 0.1) is 5.92 Å². The number of nitrogens with one attached hydrogen (secondary N) is 2. The molecule has 0 saturated heterocycles. The van der Waals surface area contributed by atoms with Crippen LogP contribution in [-0.2, 0) is 0 Å². The summed E-state index contributed by atoms with van der Waals surface area (Å²) in [4.78, 5) is 24.3. The van der Waals surface area contributed by atoms with E-state index >= 15 is 0 Å². The normalized spacial score (nSPS) is 16.0. The van der Waals surface area contributed by atoms with Crippen LogP contribution in [0.25, 0.3) is 0 Å². The van der Waals surface area contributed by atoms with Gasteiger partial charge in [-0.2, -0.15) is 0 Å². The minimum Gasteiger partial charge on any atom is -0.352 e. The fourth-order valence-corrected chi connectivity index (χ4v) is 2.86. The highest BCUT2D eigenvalue weighted by molar-refractivity contribution is 5.97. The molecule has 2 rings (SSSR count). The maximum atomic E-state index is 12.3. The van der Waals surface area contributed by atoms with Crippen LogP contribution in [0.4, 0.5) is 0 Å². The average molecular weight is 316 g/mol. The maximum Gasteiger partial charge on any atom is 0.251 e. The Bertz CT molecular complexity index is 515. The molecule has 23 heavy (non-hydrogen) atoms. The van der Waals surface area contributed by atoms with Crippen LogP contribution in [0.1, 0.15) is 73.1 Å². The van der Waals surface area contributed by atoms with E-state index in [0.717, 1.165) is 12.8 Å². The number of amides is 2. The van der Waals surface area contributed by atoms with Crippen molar-refractivity contribution < 1.29 is 9.59 Å². The van der Waals surface area contributed by atoms with E-state index in [4.69, 9.17) is 0 Å². The van der Waals surface area contributed by atoms with Gasteiger partial charge >= 0.3 is 0 Å². The van der Waals surface area contributed by atoms with Gasteiger partial charge in [-0.25, -0.2) is 0 Å². The molecule has 0 aromatic heterocycles. The van der Waals surface area contributed by atoms with Crippen molar-refractivity contribution in [2.45, 2.75) is 58.4 Å². The van der Waals surface area contributed by atoms with E-state index in [0.29, 0.717) is 29.6 Å². The van der Waals surface area contributed by atoms with Crippen molar-refractivity contribution in [1.29, 1.82) is 0 Å². The molecular formula is C19H28N2O2. The minimum absolute atomic E-state index is 0.0361. The molecular weight excluding hydrogens is 288 g/mol. The minimum atomic E-state index is -0.0885. The molecule has 1 aromatic rings. The Labute approximate surface area is 139 Å². The molecule has 2 amide bonds. The predicted octanol–water partition coefficient (Wildman–Crippen LogP) is 3.53. The fourth-order valence-electron chi connectivity index (χ4n) is 2.86. The van der Waals surface area contributed by atoms with Gasteiger partial charge in [-0.15, -0.1) is 0 Å². The number of carbonyl (C=O) groups is 2. The summed E-state index contributed by atoms with van der Waals surface area (Å²) >= 11 is 0. The zero-order chi connectivity index (χ0) is 16.7. The van der Waals surface area contributed by atoms with Gasteiger partial charge in [0.25, 0.3) is 11.8 Å². The Morgan fingerprint density at radius 3 is 2.00 bits per heavy atom. The second kappa shape index (κ2) is 8.70. The fraction of sp³-hybridized carbons (Fsp3) is 0.579. The third-order valence-corrected chi connectivity index (χ3v) is 4.27. The van der Waals surface area contributed by atoms with Crippen molar-refractivity contribution in [2.75, 3.05) is 6.54 Å². The molecule has 0 atom stereocenters. The average Bonchev–Trinajstić information content (AvgIpc) is 2.81. The molecule has 0 aliphatic heterocycles. The number of benzene rings is 1. The van der Waals surface area contributed by atoms with Gasteiger partial charge in [0, 0.05) is 23.7 Å². The van der Waals surface area contributed by atoms with Crippen molar-refractivity contribution in [3.8, 4) is 0 Å². The van der Waals surface area contributed by atoms with Crippen LogP contribution < -0.4 is 10.6 Å². The molecule has 1 aliphatic rings. The van der Waals surface area contributed by atoms with E-state index in [1.165, 1.54) is 25.7 Å². The molecule has 1 fully saturated rings. The molecule has 2 N–H and O–H groups in total. The van der Waals surface area contributed by atoms with Crippen LogP contribution in [0.5, 0.6) is 0 Å². The monoisotopic (exact) mass is 316 g/mol. The molecule has 0 heterocycles. The van der Waals surface area contributed by atoms with Gasteiger partial charge in [-0.1, -0.05) is 39.5 Å². The van der Waals surface area contributed by atoms with Gasteiger partial charge in [0.05, 0.1) is 0 Å². The van der Waals surface area contributed by atoms with E-state index in [1.54, 1.807) is 24.3 Å². The molecule has 0 bridgehead atoms. The summed E-state index contributed by atoms with van der Waals surface area (Å²) in [5, 5.41) is 6.00. The molecule has 0 unspecified atom stereocenters. The summed E-state index contributed by atoms with van der Waals surface area (Å²) in [5.41, 5.74) is 1.21. The highest BCUT2D eigenvalue weighted by Crippen LogP contribution is 2.17. The Hall–Kier alpha value is -1.84. The van der Waals surface area contributed by atoms with Crippen molar-refractivity contribution in [3.05, 3.63) is 35.4 Å². The van der Waals surface area contributed by atoms with Crippen molar-refractivity contribution in [2.24, 2.45) is 5.92 Å². The Morgan fingerprint density at radius 2 is 1.48 bits per heavy atom. The zero-order valence-corrected chi connectivity index (χ0v) is 14.2. The summed E-state index contributed by atoms with van der Waals surface area (Å²) in [6, 6.07) is 7.20. The summed E-state index contributed by atoms with van der Waals surface area (Å²) in [7, 11) is 0. The number of carbonyl (C=O) groups excluding carboxylic acids is 2. The Kier molecular flexibility index (Phi) is 6.63. The first-order valence-corrected chi connectivity index (χ1v) is 8.75. The molecule has 0 radical (unpaired) electrons. The van der Waals surface area contributed by atoms with Gasteiger partial charge in [-0.3, -0.25) is 9.59 Å². The topological polar surface area (TPSA) is 58.2 Å². The van der Waals surface area contributed by atoms with Crippen LogP contribution >= 0.6 is 0 Å². The molecule has 1 aromatic carbocycles. The first-order valence-electron chi connectivity index (χ1n) is 8.75. The molecule has 0 spiro atoms. The Balaban J connectivity index is 1.90.